The molecule has 2 atom stereocenters. The van der Waals surface area contributed by atoms with Crippen LogP contribution in [-0.2, 0) is 4.79 Å². The molecule has 2 rings (SSSR count). The number of carbonyl (C=O) groups excluding carboxylic acids is 2. The monoisotopic (exact) mass is 373 g/mol. The van der Waals surface area contributed by atoms with Gasteiger partial charge in [0.25, 0.3) is 5.91 Å². The Morgan fingerprint density at radius 3 is 2.88 bits per heavy atom. The van der Waals surface area contributed by atoms with Gasteiger partial charge < -0.3 is 16.0 Å². The van der Waals surface area contributed by atoms with Crippen molar-refractivity contribution in [1.29, 1.82) is 0 Å². The first-order valence-electron chi connectivity index (χ1n) is 8.52. The number of carbonyl (C=O) groups is 2. The predicted octanol–water partition coefficient (Wildman–Crippen LogP) is 2.80. The topological polar surface area (TPSA) is 75.4 Å². The normalized spacial score (nSPS) is 18.6. The van der Waals surface area contributed by atoms with Crippen molar-refractivity contribution in [3.63, 3.8) is 0 Å². The van der Waals surface area contributed by atoms with E-state index >= 15 is 0 Å². The molecule has 24 heavy (non-hydrogen) atoms. The number of hydrogen-bond acceptors (Lipinski definition) is 4. The van der Waals surface area contributed by atoms with Crippen molar-refractivity contribution in [3.8, 4) is 0 Å². The summed E-state index contributed by atoms with van der Waals surface area (Å²) < 4.78 is 0. The van der Waals surface area contributed by atoms with E-state index in [4.69, 9.17) is 5.73 Å². The van der Waals surface area contributed by atoms with Gasteiger partial charge in [-0.1, -0.05) is 25.8 Å². The number of hydrogen-bond donors (Lipinski definition) is 2. The molecule has 1 aromatic heterocycles. The molecule has 0 aromatic carbocycles. The van der Waals surface area contributed by atoms with Crippen LogP contribution in [0.5, 0.6) is 0 Å². The van der Waals surface area contributed by atoms with Gasteiger partial charge in [-0.15, -0.1) is 23.7 Å². The van der Waals surface area contributed by atoms with Crippen molar-refractivity contribution in [2.75, 3.05) is 13.1 Å². The van der Waals surface area contributed by atoms with Crippen LogP contribution in [0.4, 0.5) is 0 Å². The van der Waals surface area contributed by atoms with Gasteiger partial charge in [0.2, 0.25) is 5.91 Å². The number of halogens is 1. The maximum atomic E-state index is 12.7. The highest BCUT2D eigenvalue weighted by molar-refractivity contribution is 7.12. The smallest absolute Gasteiger partial charge is 0.264 e. The van der Waals surface area contributed by atoms with Gasteiger partial charge in [-0.05, 0) is 37.1 Å². The predicted molar refractivity (Wildman–Crippen MR) is 101 cm³/mol. The minimum Gasteiger partial charge on any atom is -0.350 e. The Morgan fingerprint density at radius 1 is 1.46 bits per heavy atom. The van der Waals surface area contributed by atoms with E-state index in [2.05, 4.69) is 12.2 Å². The summed E-state index contributed by atoms with van der Waals surface area (Å²) in [4.78, 5) is 27.7. The van der Waals surface area contributed by atoms with Crippen molar-refractivity contribution in [1.82, 2.24) is 10.2 Å². The van der Waals surface area contributed by atoms with E-state index in [0.717, 1.165) is 38.5 Å². The Bertz CT molecular complexity index is 510. The summed E-state index contributed by atoms with van der Waals surface area (Å²) >= 11 is 1.43. The number of thiophene rings is 1. The molecule has 2 heterocycles. The number of nitrogens with zero attached hydrogens (tertiary/aromatic N) is 1. The van der Waals surface area contributed by atoms with Crippen LogP contribution in [0.15, 0.2) is 17.5 Å². The van der Waals surface area contributed by atoms with Gasteiger partial charge >= 0.3 is 0 Å². The number of nitrogens with two attached hydrogens (primary N) is 1. The molecule has 0 radical (unpaired) electrons. The molecule has 1 aromatic rings. The molecule has 2 unspecified atom stereocenters. The van der Waals surface area contributed by atoms with Gasteiger partial charge in [0, 0.05) is 19.1 Å². The maximum absolute atomic E-state index is 12.7. The highest BCUT2D eigenvalue weighted by Crippen LogP contribution is 2.22. The molecule has 0 spiro atoms. The number of rotatable bonds is 7. The third kappa shape index (κ3) is 5.46. The van der Waals surface area contributed by atoms with E-state index in [9.17, 15) is 9.59 Å². The van der Waals surface area contributed by atoms with E-state index in [-0.39, 0.29) is 36.3 Å². The van der Waals surface area contributed by atoms with E-state index in [0.29, 0.717) is 18.0 Å². The standard InChI is InChI=1S/C17H27N3O2S.ClH/c1-2-3-7-13(12-18)19-16(21)14-8-4-5-10-20(14)17(22)15-9-6-11-23-15;/h6,9,11,13-14H,2-5,7-8,10,12,18H2,1H3,(H,19,21);1H. The first-order valence-corrected chi connectivity index (χ1v) is 9.40. The Morgan fingerprint density at radius 2 is 2.25 bits per heavy atom. The van der Waals surface area contributed by atoms with Crippen LogP contribution in [0.25, 0.3) is 0 Å². The van der Waals surface area contributed by atoms with Crippen molar-refractivity contribution in [2.45, 2.75) is 57.5 Å². The lowest BCUT2D eigenvalue weighted by molar-refractivity contribution is -0.127. The fraction of sp³-hybridized carbons (Fsp3) is 0.647. The average Bonchev–Trinajstić information content (AvgIpc) is 3.12. The molecule has 7 heteroatoms. The highest BCUT2D eigenvalue weighted by Gasteiger charge is 2.33. The Kier molecular flexibility index (Phi) is 9.33. The minimum absolute atomic E-state index is 0. The lowest BCUT2D eigenvalue weighted by Crippen LogP contribution is -2.54. The van der Waals surface area contributed by atoms with Crippen molar-refractivity contribution >= 4 is 35.6 Å². The Labute approximate surface area is 154 Å². The first-order chi connectivity index (χ1) is 11.2. The van der Waals surface area contributed by atoms with Crippen LogP contribution >= 0.6 is 23.7 Å². The molecule has 1 aliphatic rings. The van der Waals surface area contributed by atoms with E-state index in [1.807, 2.05) is 17.5 Å². The SMILES string of the molecule is CCCCC(CN)NC(=O)C1CCCCN1C(=O)c1cccs1.Cl. The Hall–Kier alpha value is -1.11. The summed E-state index contributed by atoms with van der Waals surface area (Å²) in [7, 11) is 0. The van der Waals surface area contributed by atoms with Crippen LogP contribution in [0.2, 0.25) is 0 Å². The fourth-order valence-corrected chi connectivity index (χ4v) is 3.66. The van der Waals surface area contributed by atoms with Gasteiger partial charge in [0.15, 0.2) is 0 Å². The molecule has 2 amide bonds. The van der Waals surface area contributed by atoms with Crippen molar-refractivity contribution in [3.05, 3.63) is 22.4 Å². The molecule has 136 valence electrons. The number of piperidine rings is 1. The van der Waals surface area contributed by atoms with Crippen LogP contribution in [-0.4, -0.2) is 41.9 Å². The minimum atomic E-state index is -0.367. The number of likely N-dealkylation sites (tertiary alicyclic amines) is 1. The molecule has 1 fully saturated rings. The summed E-state index contributed by atoms with van der Waals surface area (Å²) in [6.45, 7) is 3.21. The molecule has 0 bridgehead atoms. The zero-order valence-corrected chi connectivity index (χ0v) is 15.8. The van der Waals surface area contributed by atoms with E-state index in [1.165, 1.54) is 11.3 Å². The maximum Gasteiger partial charge on any atom is 0.264 e. The number of amides is 2. The zero-order chi connectivity index (χ0) is 16.7. The van der Waals surface area contributed by atoms with Gasteiger partial charge in [0.05, 0.1) is 4.88 Å². The summed E-state index contributed by atoms with van der Waals surface area (Å²) in [5, 5.41) is 4.94. The third-order valence-corrected chi connectivity index (χ3v) is 5.19. The fourth-order valence-electron chi connectivity index (χ4n) is 2.99. The second kappa shape index (κ2) is 10.7. The third-order valence-electron chi connectivity index (χ3n) is 4.34. The lowest BCUT2D eigenvalue weighted by atomic mass is 10.00. The van der Waals surface area contributed by atoms with Gasteiger partial charge in [-0.2, -0.15) is 0 Å². The molecule has 1 saturated heterocycles. The quantitative estimate of drug-likeness (QED) is 0.771. The lowest BCUT2D eigenvalue weighted by Gasteiger charge is -2.35. The summed E-state index contributed by atoms with van der Waals surface area (Å²) in [6, 6.07) is 3.32. The molecule has 3 N–H and O–H groups in total. The van der Waals surface area contributed by atoms with E-state index < -0.39 is 0 Å². The van der Waals surface area contributed by atoms with Crippen LogP contribution in [0.3, 0.4) is 0 Å². The molecular formula is C17H28ClN3O2S. The first kappa shape index (κ1) is 20.9. The Balaban J connectivity index is 0.00000288. The molecular weight excluding hydrogens is 346 g/mol. The van der Waals surface area contributed by atoms with Crippen LogP contribution in [0.1, 0.15) is 55.1 Å². The number of unbranched alkanes of at least 4 members (excludes halogenated alkanes) is 1. The van der Waals surface area contributed by atoms with Crippen LogP contribution < -0.4 is 11.1 Å². The zero-order valence-electron chi connectivity index (χ0n) is 14.2. The molecule has 0 saturated carbocycles. The summed E-state index contributed by atoms with van der Waals surface area (Å²) in [5.74, 6) is -0.0844. The molecule has 0 aliphatic carbocycles. The molecule has 5 nitrogen and oxygen atoms in total. The highest BCUT2D eigenvalue weighted by atomic mass is 35.5. The summed E-state index contributed by atoms with van der Waals surface area (Å²) in [5.41, 5.74) is 5.77. The summed E-state index contributed by atoms with van der Waals surface area (Å²) in [6.07, 6.45) is 5.69. The van der Waals surface area contributed by atoms with Crippen LogP contribution in [0, 0.1) is 0 Å². The largest absolute Gasteiger partial charge is 0.350 e. The molecule has 1 aliphatic heterocycles. The number of nitrogens with one attached hydrogen (secondary N) is 1. The second-order valence-corrected chi connectivity index (χ2v) is 7.02. The van der Waals surface area contributed by atoms with E-state index in [1.54, 1.807) is 4.90 Å². The van der Waals surface area contributed by atoms with Gasteiger partial charge in [0.1, 0.15) is 6.04 Å². The average molecular weight is 374 g/mol. The van der Waals surface area contributed by atoms with Gasteiger partial charge in [-0.25, -0.2) is 0 Å². The van der Waals surface area contributed by atoms with Gasteiger partial charge in [-0.3, -0.25) is 9.59 Å². The second-order valence-electron chi connectivity index (χ2n) is 6.07. The van der Waals surface area contributed by atoms with Crippen molar-refractivity contribution < 1.29 is 9.59 Å². The van der Waals surface area contributed by atoms with Crippen molar-refractivity contribution in [2.24, 2.45) is 5.73 Å².